The fourth-order valence-corrected chi connectivity index (χ4v) is 2.04. The van der Waals surface area contributed by atoms with Crippen molar-refractivity contribution in [2.24, 2.45) is 0 Å². The average Bonchev–Trinajstić information content (AvgIpc) is 3.12. The summed E-state index contributed by atoms with van der Waals surface area (Å²) in [6, 6.07) is 6.96. The van der Waals surface area contributed by atoms with Gasteiger partial charge in [0.05, 0.1) is 12.8 Å². The summed E-state index contributed by atoms with van der Waals surface area (Å²) in [6.07, 6.45) is 1.52. The SMILES string of the molecule is CN(Cc1nnc(-c2ccco2)o1)Cc1ccc(F)cc1F. The smallest absolute Gasteiger partial charge is 0.283 e. The first-order valence-corrected chi connectivity index (χ1v) is 6.60. The highest BCUT2D eigenvalue weighted by Gasteiger charge is 2.13. The summed E-state index contributed by atoms with van der Waals surface area (Å²) in [4.78, 5) is 1.79. The van der Waals surface area contributed by atoms with Crippen molar-refractivity contribution < 1.29 is 17.6 Å². The molecule has 0 saturated carbocycles. The molecule has 3 rings (SSSR count). The maximum Gasteiger partial charge on any atom is 0.283 e. The molecule has 22 heavy (non-hydrogen) atoms. The monoisotopic (exact) mass is 305 g/mol. The second-order valence-corrected chi connectivity index (χ2v) is 4.89. The van der Waals surface area contributed by atoms with Crippen LogP contribution in [-0.2, 0) is 13.1 Å². The van der Waals surface area contributed by atoms with Gasteiger partial charge in [0.25, 0.3) is 5.89 Å². The van der Waals surface area contributed by atoms with Gasteiger partial charge in [0.15, 0.2) is 5.76 Å². The van der Waals surface area contributed by atoms with E-state index < -0.39 is 11.6 Å². The van der Waals surface area contributed by atoms with Crippen molar-refractivity contribution in [2.75, 3.05) is 7.05 Å². The van der Waals surface area contributed by atoms with E-state index >= 15 is 0 Å². The Morgan fingerprint density at radius 1 is 1.14 bits per heavy atom. The van der Waals surface area contributed by atoms with Gasteiger partial charge in [-0.3, -0.25) is 4.90 Å². The summed E-state index contributed by atoms with van der Waals surface area (Å²) >= 11 is 0. The normalized spacial score (nSPS) is 11.3. The van der Waals surface area contributed by atoms with E-state index in [9.17, 15) is 8.78 Å². The van der Waals surface area contributed by atoms with Crippen LogP contribution in [0.25, 0.3) is 11.7 Å². The molecule has 0 saturated heterocycles. The molecule has 3 aromatic rings. The first-order chi connectivity index (χ1) is 10.6. The molecule has 0 amide bonds. The van der Waals surface area contributed by atoms with Crippen molar-refractivity contribution >= 4 is 0 Å². The molecule has 0 atom stereocenters. The van der Waals surface area contributed by atoms with Gasteiger partial charge in [-0.25, -0.2) is 8.78 Å². The van der Waals surface area contributed by atoms with Gasteiger partial charge >= 0.3 is 0 Å². The molecule has 7 heteroatoms. The third-order valence-corrected chi connectivity index (χ3v) is 3.06. The number of furan rings is 1. The summed E-state index contributed by atoms with van der Waals surface area (Å²) in [5.74, 6) is 0.00122. The van der Waals surface area contributed by atoms with E-state index in [0.29, 0.717) is 36.2 Å². The highest BCUT2D eigenvalue weighted by molar-refractivity contribution is 5.42. The molecule has 0 unspecified atom stereocenters. The Hall–Kier alpha value is -2.54. The van der Waals surface area contributed by atoms with Crippen LogP contribution in [0.2, 0.25) is 0 Å². The zero-order valence-electron chi connectivity index (χ0n) is 11.8. The zero-order chi connectivity index (χ0) is 15.5. The maximum atomic E-state index is 13.6. The number of benzene rings is 1. The number of rotatable bonds is 5. The molecule has 5 nitrogen and oxygen atoms in total. The topological polar surface area (TPSA) is 55.3 Å². The van der Waals surface area contributed by atoms with Gasteiger partial charge < -0.3 is 8.83 Å². The van der Waals surface area contributed by atoms with Gasteiger partial charge in [0, 0.05) is 18.2 Å². The van der Waals surface area contributed by atoms with Crippen LogP contribution in [0, 0.1) is 11.6 Å². The van der Waals surface area contributed by atoms with Crippen molar-refractivity contribution in [3.63, 3.8) is 0 Å². The molecule has 0 N–H and O–H groups in total. The highest BCUT2D eigenvalue weighted by Crippen LogP contribution is 2.19. The van der Waals surface area contributed by atoms with E-state index in [-0.39, 0.29) is 0 Å². The second-order valence-electron chi connectivity index (χ2n) is 4.89. The molecule has 0 bridgehead atoms. The lowest BCUT2D eigenvalue weighted by Crippen LogP contribution is -2.18. The Morgan fingerprint density at radius 2 is 2.00 bits per heavy atom. The lowest BCUT2D eigenvalue weighted by Gasteiger charge is -2.14. The third kappa shape index (κ3) is 3.20. The minimum atomic E-state index is -0.594. The lowest BCUT2D eigenvalue weighted by molar-refractivity contribution is 0.278. The van der Waals surface area contributed by atoms with Crippen LogP contribution < -0.4 is 0 Å². The number of hydrogen-bond acceptors (Lipinski definition) is 5. The summed E-state index contributed by atoms with van der Waals surface area (Å²) < 4.78 is 37.1. The number of halogens is 2. The first kappa shape index (κ1) is 14.4. The van der Waals surface area contributed by atoms with E-state index in [0.717, 1.165) is 6.07 Å². The Morgan fingerprint density at radius 3 is 2.73 bits per heavy atom. The Bertz CT molecular complexity index is 756. The average molecular weight is 305 g/mol. The molecular formula is C15H13F2N3O2. The van der Waals surface area contributed by atoms with Crippen molar-refractivity contribution in [3.05, 3.63) is 59.7 Å². The zero-order valence-corrected chi connectivity index (χ0v) is 11.8. The molecule has 1 aromatic carbocycles. The van der Waals surface area contributed by atoms with Crippen LogP contribution >= 0.6 is 0 Å². The first-order valence-electron chi connectivity index (χ1n) is 6.60. The minimum Gasteiger partial charge on any atom is -0.459 e. The van der Waals surface area contributed by atoms with Crippen molar-refractivity contribution in [2.45, 2.75) is 13.1 Å². The standard InChI is InChI=1S/C15H13F2N3O2/c1-20(8-10-4-5-11(16)7-12(10)17)9-14-18-19-15(22-14)13-3-2-6-21-13/h2-7H,8-9H2,1H3. The molecule has 0 fully saturated rings. The number of hydrogen-bond donors (Lipinski definition) is 0. The summed E-state index contributed by atoms with van der Waals surface area (Å²) in [5, 5.41) is 7.81. The molecule has 2 aromatic heterocycles. The Kier molecular flexibility index (Phi) is 3.97. The lowest BCUT2D eigenvalue weighted by atomic mass is 10.2. The number of nitrogens with zero attached hydrogens (tertiary/aromatic N) is 3. The van der Waals surface area contributed by atoms with Crippen molar-refractivity contribution in [1.82, 2.24) is 15.1 Å². The van der Waals surface area contributed by atoms with Crippen molar-refractivity contribution in [1.29, 1.82) is 0 Å². The molecule has 0 aliphatic carbocycles. The number of aromatic nitrogens is 2. The van der Waals surface area contributed by atoms with E-state index in [4.69, 9.17) is 8.83 Å². The molecule has 2 heterocycles. The van der Waals surface area contributed by atoms with Gasteiger partial charge in [-0.05, 0) is 25.2 Å². The van der Waals surface area contributed by atoms with Gasteiger partial charge in [-0.1, -0.05) is 6.07 Å². The van der Waals surface area contributed by atoms with E-state index in [1.807, 2.05) is 0 Å². The van der Waals surface area contributed by atoms with Gasteiger partial charge in [-0.2, -0.15) is 0 Å². The third-order valence-electron chi connectivity index (χ3n) is 3.06. The maximum absolute atomic E-state index is 13.6. The molecule has 0 spiro atoms. The van der Waals surface area contributed by atoms with Gasteiger partial charge in [0.1, 0.15) is 11.6 Å². The molecule has 0 aliphatic rings. The molecular weight excluding hydrogens is 292 g/mol. The van der Waals surface area contributed by atoms with Crippen LogP contribution in [0.5, 0.6) is 0 Å². The largest absolute Gasteiger partial charge is 0.459 e. The fraction of sp³-hybridized carbons (Fsp3) is 0.200. The quantitative estimate of drug-likeness (QED) is 0.724. The fourth-order valence-electron chi connectivity index (χ4n) is 2.04. The van der Waals surface area contributed by atoms with E-state index in [2.05, 4.69) is 10.2 Å². The van der Waals surface area contributed by atoms with Crippen LogP contribution in [0.15, 0.2) is 45.4 Å². The molecule has 0 aliphatic heterocycles. The molecule has 114 valence electrons. The summed E-state index contributed by atoms with van der Waals surface area (Å²) in [7, 11) is 1.78. The predicted octanol–water partition coefficient (Wildman–Crippen LogP) is 3.24. The highest BCUT2D eigenvalue weighted by atomic mass is 19.1. The van der Waals surface area contributed by atoms with Crippen LogP contribution in [0.4, 0.5) is 8.78 Å². The van der Waals surface area contributed by atoms with Crippen LogP contribution in [-0.4, -0.2) is 22.1 Å². The summed E-state index contributed by atoms with van der Waals surface area (Å²) in [5.41, 5.74) is 0.398. The van der Waals surface area contributed by atoms with Gasteiger partial charge in [-0.15, -0.1) is 10.2 Å². The van der Waals surface area contributed by atoms with E-state index in [1.54, 1.807) is 24.1 Å². The van der Waals surface area contributed by atoms with Gasteiger partial charge in [0.2, 0.25) is 5.89 Å². The van der Waals surface area contributed by atoms with Crippen LogP contribution in [0.3, 0.4) is 0 Å². The van der Waals surface area contributed by atoms with E-state index in [1.165, 1.54) is 18.4 Å². The minimum absolute atomic E-state index is 0.293. The predicted molar refractivity (Wildman–Crippen MR) is 73.5 cm³/mol. The Balaban J connectivity index is 1.65. The van der Waals surface area contributed by atoms with Crippen LogP contribution in [0.1, 0.15) is 11.5 Å². The second kappa shape index (κ2) is 6.07. The molecule has 0 radical (unpaired) electrons. The Labute approximate surface area is 125 Å². The van der Waals surface area contributed by atoms with Crippen molar-refractivity contribution in [3.8, 4) is 11.7 Å². The summed E-state index contributed by atoms with van der Waals surface area (Å²) in [6.45, 7) is 0.634.